The molecule has 2 amide bonds. The van der Waals surface area contributed by atoms with Gasteiger partial charge in [-0.1, -0.05) is 12.2 Å². The monoisotopic (exact) mass is 260 g/mol. The number of piperidine rings is 1. The maximum atomic E-state index is 12.5. The largest absolute Gasteiger partial charge is 0.317 e. The number of nitrogens with one attached hydrogen (secondary N) is 1. The number of hydrogen-bond donors (Lipinski definition) is 1. The Kier molecular flexibility index (Phi) is 2.56. The van der Waals surface area contributed by atoms with Crippen LogP contribution in [0.2, 0.25) is 0 Å². The third-order valence-electron chi connectivity index (χ3n) is 5.46. The number of allylic oxidation sites excluding steroid dienone is 2. The molecule has 1 N–H and O–H groups in total. The molecule has 0 aromatic carbocycles. The van der Waals surface area contributed by atoms with Crippen molar-refractivity contribution in [1.29, 1.82) is 0 Å². The number of imide groups is 1. The molecule has 2 bridgehead atoms. The Balaban J connectivity index is 1.52. The highest BCUT2D eigenvalue weighted by Crippen LogP contribution is 2.52. The van der Waals surface area contributed by atoms with Crippen LogP contribution in [0, 0.1) is 29.6 Å². The summed E-state index contributed by atoms with van der Waals surface area (Å²) >= 11 is 0. The first kappa shape index (κ1) is 11.6. The van der Waals surface area contributed by atoms with Gasteiger partial charge in [0.15, 0.2) is 0 Å². The third kappa shape index (κ3) is 1.62. The molecule has 0 aromatic heterocycles. The summed E-state index contributed by atoms with van der Waals surface area (Å²) in [6.07, 6.45) is 7.50. The number of carbonyl (C=O) groups excluding carboxylic acids is 2. The number of rotatable bonds is 2. The summed E-state index contributed by atoms with van der Waals surface area (Å²) in [6.45, 7) is 2.69. The van der Waals surface area contributed by atoms with Crippen molar-refractivity contribution >= 4 is 11.8 Å². The smallest absolute Gasteiger partial charge is 0.233 e. The number of fused-ring (bicyclic) bond motifs is 5. The molecule has 4 heteroatoms. The van der Waals surface area contributed by atoms with Crippen molar-refractivity contribution in [1.82, 2.24) is 10.2 Å². The molecule has 4 rings (SSSR count). The van der Waals surface area contributed by atoms with Crippen LogP contribution >= 0.6 is 0 Å². The van der Waals surface area contributed by atoms with Crippen LogP contribution in [0.5, 0.6) is 0 Å². The molecule has 4 nitrogen and oxygen atoms in total. The van der Waals surface area contributed by atoms with Crippen LogP contribution in [0.1, 0.15) is 19.3 Å². The van der Waals surface area contributed by atoms with Crippen molar-refractivity contribution in [3.05, 3.63) is 12.2 Å². The first-order valence-corrected chi connectivity index (χ1v) is 7.50. The highest BCUT2D eigenvalue weighted by atomic mass is 16.2. The Morgan fingerprint density at radius 3 is 2.21 bits per heavy atom. The summed E-state index contributed by atoms with van der Waals surface area (Å²) < 4.78 is 0. The van der Waals surface area contributed by atoms with Gasteiger partial charge in [-0.15, -0.1) is 0 Å². The Bertz CT molecular complexity index is 423. The highest BCUT2D eigenvalue weighted by Gasteiger charge is 2.59. The number of hydrogen-bond acceptors (Lipinski definition) is 3. The summed E-state index contributed by atoms with van der Waals surface area (Å²) in [7, 11) is 0. The van der Waals surface area contributed by atoms with E-state index in [0.29, 0.717) is 24.3 Å². The van der Waals surface area contributed by atoms with Crippen molar-refractivity contribution in [3.63, 3.8) is 0 Å². The summed E-state index contributed by atoms with van der Waals surface area (Å²) in [5, 5.41) is 3.33. The van der Waals surface area contributed by atoms with Crippen molar-refractivity contribution in [2.24, 2.45) is 29.6 Å². The highest BCUT2D eigenvalue weighted by molar-refractivity contribution is 6.06. The SMILES string of the molecule is O=C1C2C3C=CC(C3)C2C(=O)N1CC1CCNCC1. The fraction of sp³-hybridized carbons (Fsp3) is 0.733. The van der Waals surface area contributed by atoms with Gasteiger partial charge in [0.05, 0.1) is 11.8 Å². The average Bonchev–Trinajstić information content (AvgIpc) is 3.10. The molecule has 4 atom stereocenters. The van der Waals surface area contributed by atoms with Gasteiger partial charge in [-0.05, 0) is 50.1 Å². The molecule has 4 aliphatic rings. The lowest BCUT2D eigenvalue weighted by molar-refractivity contribution is -0.141. The molecule has 2 heterocycles. The third-order valence-corrected chi connectivity index (χ3v) is 5.46. The summed E-state index contributed by atoms with van der Waals surface area (Å²) in [5.41, 5.74) is 0. The Morgan fingerprint density at radius 2 is 1.63 bits per heavy atom. The van der Waals surface area contributed by atoms with Gasteiger partial charge in [0.2, 0.25) is 11.8 Å². The summed E-state index contributed by atoms with van der Waals surface area (Å²) in [6, 6.07) is 0. The number of carbonyl (C=O) groups is 2. The van der Waals surface area contributed by atoms with Crippen LogP contribution in [0.25, 0.3) is 0 Å². The van der Waals surface area contributed by atoms with E-state index in [1.54, 1.807) is 4.90 Å². The van der Waals surface area contributed by atoms with Gasteiger partial charge in [-0.25, -0.2) is 0 Å². The molecule has 0 aromatic rings. The fourth-order valence-electron chi connectivity index (χ4n) is 4.47. The molecule has 1 saturated carbocycles. The van der Waals surface area contributed by atoms with Crippen LogP contribution in [-0.4, -0.2) is 36.3 Å². The van der Waals surface area contributed by atoms with Gasteiger partial charge >= 0.3 is 0 Å². The van der Waals surface area contributed by atoms with Gasteiger partial charge < -0.3 is 5.32 Å². The lowest BCUT2D eigenvalue weighted by atomic mass is 9.85. The van der Waals surface area contributed by atoms with Crippen LogP contribution in [-0.2, 0) is 9.59 Å². The molecule has 2 saturated heterocycles. The first-order chi connectivity index (χ1) is 9.25. The normalized spacial score (nSPS) is 41.4. The maximum absolute atomic E-state index is 12.5. The number of likely N-dealkylation sites (tertiary alicyclic amines) is 1. The quantitative estimate of drug-likeness (QED) is 0.590. The van der Waals surface area contributed by atoms with E-state index in [4.69, 9.17) is 0 Å². The van der Waals surface area contributed by atoms with Crippen molar-refractivity contribution < 1.29 is 9.59 Å². The van der Waals surface area contributed by atoms with Crippen molar-refractivity contribution in [3.8, 4) is 0 Å². The minimum atomic E-state index is -0.0239. The average molecular weight is 260 g/mol. The van der Waals surface area contributed by atoms with Crippen molar-refractivity contribution in [2.45, 2.75) is 19.3 Å². The second kappa shape index (κ2) is 4.17. The van der Waals surface area contributed by atoms with E-state index in [0.717, 1.165) is 32.4 Å². The van der Waals surface area contributed by atoms with Crippen LogP contribution < -0.4 is 5.32 Å². The lowest BCUT2D eigenvalue weighted by Gasteiger charge is -2.27. The van der Waals surface area contributed by atoms with E-state index < -0.39 is 0 Å². The van der Waals surface area contributed by atoms with E-state index in [1.807, 2.05) is 0 Å². The molecule has 19 heavy (non-hydrogen) atoms. The van der Waals surface area contributed by atoms with E-state index in [-0.39, 0.29) is 23.7 Å². The molecular formula is C15H20N2O2. The standard InChI is InChI=1S/C15H20N2O2/c18-14-12-10-1-2-11(7-10)13(12)15(19)17(14)8-9-3-5-16-6-4-9/h1-2,9-13,16H,3-8H2. The van der Waals surface area contributed by atoms with Gasteiger partial charge in [-0.2, -0.15) is 0 Å². The van der Waals surface area contributed by atoms with Crippen LogP contribution in [0.15, 0.2) is 12.2 Å². The second-order valence-corrected chi connectivity index (χ2v) is 6.48. The van der Waals surface area contributed by atoms with Gasteiger partial charge in [0.25, 0.3) is 0 Å². The predicted octanol–water partition coefficient (Wildman–Crippen LogP) is 0.793. The Hall–Kier alpha value is -1.16. The predicted molar refractivity (Wildman–Crippen MR) is 70.0 cm³/mol. The van der Waals surface area contributed by atoms with Gasteiger partial charge in [-0.3, -0.25) is 14.5 Å². The first-order valence-electron chi connectivity index (χ1n) is 7.50. The topological polar surface area (TPSA) is 49.4 Å². The minimum Gasteiger partial charge on any atom is -0.317 e. The number of amides is 2. The van der Waals surface area contributed by atoms with E-state index in [9.17, 15) is 9.59 Å². The summed E-state index contributed by atoms with van der Waals surface area (Å²) in [4.78, 5) is 26.6. The van der Waals surface area contributed by atoms with E-state index in [1.165, 1.54) is 0 Å². The molecule has 2 aliphatic heterocycles. The zero-order valence-electron chi connectivity index (χ0n) is 11.0. The lowest BCUT2D eigenvalue weighted by Crippen LogP contribution is -2.40. The molecule has 3 fully saturated rings. The van der Waals surface area contributed by atoms with Crippen LogP contribution in [0.3, 0.4) is 0 Å². The minimum absolute atomic E-state index is 0.0239. The summed E-state index contributed by atoms with van der Waals surface area (Å²) in [5.74, 6) is 1.36. The molecular weight excluding hydrogens is 240 g/mol. The fourth-order valence-corrected chi connectivity index (χ4v) is 4.47. The second-order valence-electron chi connectivity index (χ2n) is 6.48. The van der Waals surface area contributed by atoms with Gasteiger partial charge in [0.1, 0.15) is 0 Å². The zero-order chi connectivity index (χ0) is 13.0. The van der Waals surface area contributed by atoms with E-state index >= 15 is 0 Å². The maximum Gasteiger partial charge on any atom is 0.233 e. The van der Waals surface area contributed by atoms with Crippen molar-refractivity contribution in [2.75, 3.05) is 19.6 Å². The zero-order valence-corrected chi connectivity index (χ0v) is 11.0. The molecule has 0 spiro atoms. The van der Waals surface area contributed by atoms with Crippen LogP contribution in [0.4, 0.5) is 0 Å². The molecule has 102 valence electrons. The molecule has 0 radical (unpaired) electrons. The van der Waals surface area contributed by atoms with E-state index in [2.05, 4.69) is 17.5 Å². The Labute approximate surface area is 113 Å². The molecule has 4 unspecified atom stereocenters. The van der Waals surface area contributed by atoms with Gasteiger partial charge in [0, 0.05) is 6.54 Å². The number of nitrogens with zero attached hydrogens (tertiary/aromatic N) is 1. The molecule has 2 aliphatic carbocycles. The Morgan fingerprint density at radius 1 is 1.05 bits per heavy atom.